The molecule has 158 valence electrons. The number of likely N-dealkylation sites (N-methyl/N-ethyl adjacent to an activating group) is 1. The summed E-state index contributed by atoms with van der Waals surface area (Å²) >= 11 is 0. The molecule has 0 radical (unpaired) electrons. The van der Waals surface area contributed by atoms with Gasteiger partial charge in [0.1, 0.15) is 11.2 Å². The number of hydrogen-bond acceptors (Lipinski definition) is 6. The molecule has 0 spiro atoms. The Bertz CT molecular complexity index is 1110. The number of nitrogens with zero attached hydrogens (tertiary/aromatic N) is 4. The molecule has 1 fully saturated rings. The van der Waals surface area contributed by atoms with E-state index in [9.17, 15) is 18.0 Å². The first-order valence-corrected chi connectivity index (χ1v) is 9.66. The van der Waals surface area contributed by atoms with Crippen LogP contribution in [0.25, 0.3) is 10.9 Å². The largest absolute Gasteiger partial charge is 0.416 e. The van der Waals surface area contributed by atoms with Crippen LogP contribution in [0.5, 0.6) is 0 Å². The Morgan fingerprint density at radius 2 is 1.90 bits per heavy atom. The van der Waals surface area contributed by atoms with Gasteiger partial charge in [0.15, 0.2) is 0 Å². The highest BCUT2D eigenvalue weighted by molar-refractivity contribution is 5.91. The fraction of sp³-hybridized carbons (Fsp3) is 0.350. The number of pyridine rings is 1. The van der Waals surface area contributed by atoms with Gasteiger partial charge in [-0.15, -0.1) is 0 Å². The molecule has 10 heteroatoms. The van der Waals surface area contributed by atoms with Gasteiger partial charge >= 0.3 is 6.18 Å². The predicted octanol–water partition coefficient (Wildman–Crippen LogP) is 3.22. The Morgan fingerprint density at radius 1 is 1.13 bits per heavy atom. The third-order valence-corrected chi connectivity index (χ3v) is 5.16. The van der Waals surface area contributed by atoms with Gasteiger partial charge in [-0.3, -0.25) is 4.79 Å². The van der Waals surface area contributed by atoms with E-state index in [1.807, 2.05) is 4.90 Å². The maximum Gasteiger partial charge on any atom is 0.416 e. The van der Waals surface area contributed by atoms with Crippen LogP contribution in [0.4, 0.5) is 30.6 Å². The summed E-state index contributed by atoms with van der Waals surface area (Å²) in [6.45, 7) is 6.25. The van der Waals surface area contributed by atoms with E-state index in [1.165, 1.54) is 18.3 Å². The van der Waals surface area contributed by atoms with Crippen molar-refractivity contribution in [2.45, 2.75) is 13.1 Å². The monoisotopic (exact) mass is 418 g/mol. The average molecular weight is 418 g/mol. The topological polar surface area (TPSA) is 77.1 Å². The third kappa shape index (κ3) is 4.09. The van der Waals surface area contributed by atoms with E-state index in [0.29, 0.717) is 11.5 Å². The van der Waals surface area contributed by atoms with Gasteiger partial charge in [-0.05, 0) is 30.8 Å². The highest BCUT2D eigenvalue weighted by atomic mass is 19.4. The van der Waals surface area contributed by atoms with E-state index in [4.69, 9.17) is 0 Å². The first-order valence-electron chi connectivity index (χ1n) is 9.66. The zero-order chi connectivity index (χ0) is 21.3. The molecule has 2 N–H and O–H groups in total. The number of hydrogen-bond donors (Lipinski definition) is 2. The smallest absolute Gasteiger partial charge is 0.339 e. The number of aromatic amines is 1. The summed E-state index contributed by atoms with van der Waals surface area (Å²) in [6.07, 6.45) is -2.97. The Labute approximate surface area is 170 Å². The van der Waals surface area contributed by atoms with Crippen molar-refractivity contribution in [3.63, 3.8) is 0 Å². The van der Waals surface area contributed by atoms with Crippen molar-refractivity contribution in [1.29, 1.82) is 0 Å². The molecule has 3 aromatic rings. The number of benzene rings is 1. The molecule has 0 saturated carbocycles. The summed E-state index contributed by atoms with van der Waals surface area (Å²) in [5.41, 5.74) is -0.578. The maximum atomic E-state index is 13.1. The van der Waals surface area contributed by atoms with Crippen LogP contribution in [0.2, 0.25) is 0 Å². The molecule has 1 aliphatic rings. The van der Waals surface area contributed by atoms with Crippen LogP contribution in [0.15, 0.2) is 41.3 Å². The molecule has 0 unspecified atom stereocenters. The van der Waals surface area contributed by atoms with E-state index >= 15 is 0 Å². The normalized spacial score (nSPS) is 15.5. The first kappa shape index (κ1) is 20.1. The summed E-state index contributed by atoms with van der Waals surface area (Å²) in [6, 6.07) is 6.45. The molecule has 0 amide bonds. The molecule has 7 nitrogen and oxygen atoms in total. The molecular weight excluding hydrogens is 397 g/mol. The minimum atomic E-state index is -4.47. The summed E-state index contributed by atoms with van der Waals surface area (Å²) in [5.74, 6) is 0.618. The lowest BCUT2D eigenvalue weighted by Gasteiger charge is -2.34. The summed E-state index contributed by atoms with van der Waals surface area (Å²) < 4.78 is 39.2. The molecule has 2 aromatic heterocycles. The Morgan fingerprint density at radius 3 is 2.60 bits per heavy atom. The van der Waals surface area contributed by atoms with Crippen LogP contribution in [0.1, 0.15) is 12.5 Å². The fourth-order valence-corrected chi connectivity index (χ4v) is 3.48. The van der Waals surface area contributed by atoms with Gasteiger partial charge < -0.3 is 20.1 Å². The van der Waals surface area contributed by atoms with E-state index in [-0.39, 0.29) is 16.9 Å². The minimum Gasteiger partial charge on any atom is -0.339 e. The Balaban J connectivity index is 1.74. The summed E-state index contributed by atoms with van der Waals surface area (Å²) in [4.78, 5) is 28.3. The lowest BCUT2D eigenvalue weighted by molar-refractivity contribution is -0.137. The number of fused-ring (bicyclic) bond motifs is 1. The SMILES string of the molecule is CCN1CCN(c2nc(Nc3cccc(C(F)(F)F)c3)c3c(=O)[nH]ccc3n2)CC1. The molecule has 1 aliphatic heterocycles. The fourth-order valence-electron chi connectivity index (χ4n) is 3.48. The van der Waals surface area contributed by atoms with Crippen LogP contribution in [0, 0.1) is 0 Å². The van der Waals surface area contributed by atoms with Crippen LogP contribution in [-0.4, -0.2) is 52.6 Å². The quantitative estimate of drug-likeness (QED) is 0.678. The summed E-state index contributed by atoms with van der Waals surface area (Å²) in [7, 11) is 0. The zero-order valence-corrected chi connectivity index (χ0v) is 16.3. The van der Waals surface area contributed by atoms with Crippen molar-refractivity contribution in [2.24, 2.45) is 0 Å². The van der Waals surface area contributed by atoms with E-state index < -0.39 is 17.3 Å². The van der Waals surface area contributed by atoms with Gasteiger partial charge in [0.05, 0.1) is 11.1 Å². The Hall–Kier alpha value is -3.14. The molecule has 0 bridgehead atoms. The Kier molecular flexibility index (Phi) is 5.33. The molecule has 0 aliphatic carbocycles. The van der Waals surface area contributed by atoms with Gasteiger partial charge in [0.25, 0.3) is 5.56 Å². The number of aromatic nitrogens is 3. The van der Waals surface area contributed by atoms with Gasteiger partial charge in [0.2, 0.25) is 5.95 Å². The molecule has 0 atom stereocenters. The van der Waals surface area contributed by atoms with Crippen molar-refractivity contribution >= 4 is 28.4 Å². The van der Waals surface area contributed by atoms with Crippen molar-refractivity contribution < 1.29 is 13.2 Å². The van der Waals surface area contributed by atoms with Crippen LogP contribution < -0.4 is 15.8 Å². The molecular formula is C20H21F3N6O. The van der Waals surface area contributed by atoms with Crippen molar-refractivity contribution in [3.05, 3.63) is 52.4 Å². The second-order valence-corrected chi connectivity index (χ2v) is 7.06. The van der Waals surface area contributed by atoms with Crippen molar-refractivity contribution in [1.82, 2.24) is 19.9 Å². The lowest BCUT2D eigenvalue weighted by Crippen LogP contribution is -2.46. The number of nitrogens with one attached hydrogen (secondary N) is 2. The highest BCUT2D eigenvalue weighted by Gasteiger charge is 2.30. The van der Waals surface area contributed by atoms with Gasteiger partial charge in [-0.25, -0.2) is 4.98 Å². The van der Waals surface area contributed by atoms with E-state index in [2.05, 4.69) is 32.1 Å². The van der Waals surface area contributed by atoms with Crippen LogP contribution in [-0.2, 0) is 6.18 Å². The second kappa shape index (κ2) is 7.94. The molecule has 1 saturated heterocycles. The molecule has 30 heavy (non-hydrogen) atoms. The second-order valence-electron chi connectivity index (χ2n) is 7.06. The highest BCUT2D eigenvalue weighted by Crippen LogP contribution is 2.32. The number of anilines is 3. The maximum absolute atomic E-state index is 13.1. The van der Waals surface area contributed by atoms with Crippen LogP contribution >= 0.6 is 0 Å². The number of alkyl halides is 3. The summed E-state index contributed by atoms with van der Waals surface area (Å²) in [5, 5.41) is 3.09. The number of piperazine rings is 1. The van der Waals surface area contributed by atoms with Crippen molar-refractivity contribution in [3.8, 4) is 0 Å². The molecule has 1 aromatic carbocycles. The average Bonchev–Trinajstić information content (AvgIpc) is 2.73. The van der Waals surface area contributed by atoms with Gasteiger partial charge in [0, 0.05) is 38.1 Å². The zero-order valence-electron chi connectivity index (χ0n) is 16.3. The first-order chi connectivity index (χ1) is 14.3. The van der Waals surface area contributed by atoms with E-state index in [1.54, 1.807) is 6.07 Å². The number of rotatable bonds is 4. The van der Waals surface area contributed by atoms with Gasteiger partial charge in [-0.1, -0.05) is 13.0 Å². The van der Waals surface area contributed by atoms with Gasteiger partial charge in [-0.2, -0.15) is 18.2 Å². The number of halogens is 3. The lowest BCUT2D eigenvalue weighted by atomic mass is 10.2. The predicted molar refractivity (Wildman–Crippen MR) is 109 cm³/mol. The molecule has 3 heterocycles. The van der Waals surface area contributed by atoms with Crippen LogP contribution in [0.3, 0.4) is 0 Å². The third-order valence-electron chi connectivity index (χ3n) is 5.16. The van der Waals surface area contributed by atoms with E-state index in [0.717, 1.165) is 44.9 Å². The standard InChI is InChI=1S/C20H21F3N6O/c1-2-28-8-10-29(11-9-28)19-26-15-6-7-24-18(30)16(15)17(27-19)25-14-5-3-4-13(12-14)20(21,22)23/h3-7,12H,2,8-11H2,1H3,(H,24,30)(H,25,26,27). The number of H-pyrrole nitrogens is 1. The van der Waals surface area contributed by atoms with Crippen molar-refractivity contribution in [2.75, 3.05) is 42.9 Å². The molecule has 4 rings (SSSR count). The minimum absolute atomic E-state index is 0.175.